The van der Waals surface area contributed by atoms with Gasteiger partial charge in [-0.2, -0.15) is 0 Å². The van der Waals surface area contributed by atoms with Crippen molar-refractivity contribution in [3.8, 4) is 5.75 Å². The Bertz CT molecular complexity index is 847. The summed E-state index contributed by atoms with van der Waals surface area (Å²) in [7, 11) is -2.13. The Balaban J connectivity index is 1.64. The third-order valence-corrected chi connectivity index (χ3v) is 5.61. The highest BCUT2D eigenvalue weighted by atomic mass is 32.2. The molecule has 26 heavy (non-hydrogen) atoms. The summed E-state index contributed by atoms with van der Waals surface area (Å²) in [5, 5.41) is 3.20. The highest BCUT2D eigenvalue weighted by Crippen LogP contribution is 2.23. The van der Waals surface area contributed by atoms with Gasteiger partial charge < -0.3 is 14.8 Å². The minimum absolute atomic E-state index is 0.177. The number of rotatable bonds is 7. The number of methoxy groups -OCH3 is 1. The molecule has 1 fully saturated rings. The first-order valence-electron chi connectivity index (χ1n) is 8.47. The molecule has 1 aliphatic heterocycles. The second-order valence-corrected chi connectivity index (χ2v) is 7.87. The lowest BCUT2D eigenvalue weighted by molar-refractivity contribution is 0.120. The zero-order valence-electron chi connectivity index (χ0n) is 14.9. The van der Waals surface area contributed by atoms with E-state index in [-0.39, 0.29) is 11.0 Å². The molecule has 1 unspecified atom stereocenters. The predicted molar refractivity (Wildman–Crippen MR) is 100 cm³/mol. The maximum Gasteiger partial charge on any atom is 0.261 e. The zero-order chi connectivity index (χ0) is 18.6. The number of pyridine rings is 1. The molecule has 0 amide bonds. The number of aromatic nitrogens is 1. The fourth-order valence-electron chi connectivity index (χ4n) is 2.81. The van der Waals surface area contributed by atoms with E-state index in [0.717, 1.165) is 25.0 Å². The van der Waals surface area contributed by atoms with E-state index in [4.69, 9.17) is 9.47 Å². The van der Waals surface area contributed by atoms with Crippen LogP contribution in [0, 0.1) is 6.92 Å². The van der Waals surface area contributed by atoms with Crippen molar-refractivity contribution in [2.24, 2.45) is 0 Å². The van der Waals surface area contributed by atoms with Crippen molar-refractivity contribution in [2.75, 3.05) is 30.3 Å². The van der Waals surface area contributed by atoms with Crippen LogP contribution in [0.5, 0.6) is 5.75 Å². The molecule has 0 bridgehead atoms. The fraction of sp³-hybridized carbons (Fsp3) is 0.389. The number of hydrogen-bond donors (Lipinski definition) is 2. The molecule has 0 aliphatic carbocycles. The first-order chi connectivity index (χ1) is 12.5. The summed E-state index contributed by atoms with van der Waals surface area (Å²) in [6, 6.07) is 8.15. The van der Waals surface area contributed by atoms with Crippen LogP contribution in [0.3, 0.4) is 0 Å². The number of benzene rings is 1. The Morgan fingerprint density at radius 2 is 2.15 bits per heavy atom. The van der Waals surface area contributed by atoms with Gasteiger partial charge in [-0.05, 0) is 55.7 Å². The van der Waals surface area contributed by atoms with Gasteiger partial charge in [0.25, 0.3) is 10.0 Å². The molecule has 140 valence electrons. The molecule has 0 spiro atoms. The van der Waals surface area contributed by atoms with Crippen molar-refractivity contribution in [1.29, 1.82) is 0 Å². The normalized spacial score (nSPS) is 17.1. The zero-order valence-corrected chi connectivity index (χ0v) is 15.7. The fourth-order valence-corrected chi connectivity index (χ4v) is 3.94. The lowest BCUT2D eigenvalue weighted by Crippen LogP contribution is -2.19. The lowest BCUT2D eigenvalue weighted by Gasteiger charge is -2.12. The monoisotopic (exact) mass is 377 g/mol. The number of nitrogens with one attached hydrogen (secondary N) is 2. The summed E-state index contributed by atoms with van der Waals surface area (Å²) in [6.45, 7) is 3.31. The van der Waals surface area contributed by atoms with Crippen LogP contribution in [0.25, 0.3) is 0 Å². The molecule has 3 rings (SSSR count). The lowest BCUT2D eigenvalue weighted by atomic mass is 10.2. The van der Waals surface area contributed by atoms with Gasteiger partial charge in [0.2, 0.25) is 0 Å². The number of sulfonamides is 1. The van der Waals surface area contributed by atoms with Crippen molar-refractivity contribution >= 4 is 21.5 Å². The van der Waals surface area contributed by atoms with Crippen LogP contribution in [0.15, 0.2) is 41.4 Å². The number of hydrogen-bond acceptors (Lipinski definition) is 6. The summed E-state index contributed by atoms with van der Waals surface area (Å²) < 4.78 is 38.3. The van der Waals surface area contributed by atoms with Crippen LogP contribution in [-0.2, 0) is 14.8 Å². The average molecular weight is 377 g/mol. The molecule has 2 heterocycles. The summed E-state index contributed by atoms with van der Waals surface area (Å²) >= 11 is 0. The molecule has 8 heteroatoms. The SMILES string of the molecule is COc1ccc(S(=O)(=O)Nc2ccc(NCC3CCCO3)nc2)cc1C. The summed E-state index contributed by atoms with van der Waals surface area (Å²) in [5.41, 5.74) is 1.16. The molecule has 1 aromatic heterocycles. The minimum atomic E-state index is -3.68. The summed E-state index contributed by atoms with van der Waals surface area (Å²) in [4.78, 5) is 4.43. The van der Waals surface area contributed by atoms with Crippen LogP contribution in [0.1, 0.15) is 18.4 Å². The van der Waals surface area contributed by atoms with Crippen LogP contribution in [0.4, 0.5) is 11.5 Å². The Hall–Kier alpha value is -2.32. The van der Waals surface area contributed by atoms with E-state index in [0.29, 0.717) is 23.8 Å². The molecule has 1 aromatic carbocycles. The topological polar surface area (TPSA) is 89.6 Å². The molecular weight excluding hydrogens is 354 g/mol. The highest BCUT2D eigenvalue weighted by Gasteiger charge is 2.17. The highest BCUT2D eigenvalue weighted by molar-refractivity contribution is 7.92. The van der Waals surface area contributed by atoms with Gasteiger partial charge in [0, 0.05) is 13.2 Å². The van der Waals surface area contributed by atoms with Crippen LogP contribution in [-0.4, -0.2) is 39.8 Å². The summed E-state index contributed by atoms with van der Waals surface area (Å²) in [5.74, 6) is 1.33. The van der Waals surface area contributed by atoms with Gasteiger partial charge in [-0.1, -0.05) is 0 Å². The molecule has 2 aromatic rings. The van der Waals surface area contributed by atoms with Crippen molar-refractivity contribution in [3.63, 3.8) is 0 Å². The maximum absolute atomic E-state index is 12.5. The van der Waals surface area contributed by atoms with E-state index in [1.807, 2.05) is 0 Å². The third-order valence-electron chi connectivity index (χ3n) is 4.23. The second kappa shape index (κ2) is 7.92. The summed E-state index contributed by atoms with van der Waals surface area (Å²) in [6.07, 6.45) is 3.84. The molecule has 2 N–H and O–H groups in total. The van der Waals surface area contributed by atoms with E-state index in [1.165, 1.54) is 12.3 Å². The van der Waals surface area contributed by atoms with Gasteiger partial charge in [0.15, 0.2) is 0 Å². The standard InChI is InChI=1S/C18H23N3O4S/c1-13-10-16(6-7-17(13)24-2)26(22,23)21-14-5-8-18(19-11-14)20-12-15-4-3-9-25-15/h5-8,10-11,15,21H,3-4,9,12H2,1-2H3,(H,19,20). The van der Waals surface area contributed by atoms with Crippen molar-refractivity contribution in [1.82, 2.24) is 4.98 Å². The Kier molecular flexibility index (Phi) is 5.63. The second-order valence-electron chi connectivity index (χ2n) is 6.18. The largest absolute Gasteiger partial charge is 0.496 e. The number of ether oxygens (including phenoxy) is 2. The first kappa shape index (κ1) is 18.5. The molecule has 1 aliphatic rings. The smallest absolute Gasteiger partial charge is 0.261 e. The van der Waals surface area contributed by atoms with Crippen LogP contribution >= 0.6 is 0 Å². The van der Waals surface area contributed by atoms with E-state index in [2.05, 4.69) is 15.0 Å². The Morgan fingerprint density at radius 3 is 2.77 bits per heavy atom. The van der Waals surface area contributed by atoms with Gasteiger partial charge in [0.05, 0.1) is 30.0 Å². The first-order valence-corrected chi connectivity index (χ1v) is 9.95. The molecule has 0 saturated carbocycles. The van der Waals surface area contributed by atoms with E-state index in [9.17, 15) is 8.42 Å². The molecule has 1 saturated heterocycles. The van der Waals surface area contributed by atoms with Gasteiger partial charge in [-0.15, -0.1) is 0 Å². The van der Waals surface area contributed by atoms with Crippen LogP contribution < -0.4 is 14.8 Å². The molecule has 1 atom stereocenters. The van der Waals surface area contributed by atoms with E-state index < -0.39 is 10.0 Å². The molecule has 0 radical (unpaired) electrons. The predicted octanol–water partition coefficient (Wildman–Crippen LogP) is 2.79. The average Bonchev–Trinajstić information content (AvgIpc) is 3.14. The van der Waals surface area contributed by atoms with Crippen molar-refractivity contribution in [3.05, 3.63) is 42.1 Å². The quantitative estimate of drug-likeness (QED) is 0.771. The third kappa shape index (κ3) is 4.44. The van der Waals surface area contributed by atoms with Gasteiger partial charge in [0.1, 0.15) is 11.6 Å². The van der Waals surface area contributed by atoms with Gasteiger partial charge >= 0.3 is 0 Å². The number of aryl methyl sites for hydroxylation is 1. The molecular formula is C18H23N3O4S. The Morgan fingerprint density at radius 1 is 1.31 bits per heavy atom. The van der Waals surface area contributed by atoms with E-state index >= 15 is 0 Å². The van der Waals surface area contributed by atoms with Crippen molar-refractivity contribution < 1.29 is 17.9 Å². The van der Waals surface area contributed by atoms with Crippen LogP contribution in [0.2, 0.25) is 0 Å². The minimum Gasteiger partial charge on any atom is -0.496 e. The Labute approximate surface area is 153 Å². The van der Waals surface area contributed by atoms with E-state index in [1.54, 1.807) is 38.3 Å². The number of anilines is 2. The maximum atomic E-state index is 12.5. The van der Waals surface area contributed by atoms with Gasteiger partial charge in [-0.3, -0.25) is 4.72 Å². The van der Waals surface area contributed by atoms with Crippen molar-refractivity contribution in [2.45, 2.75) is 30.8 Å². The van der Waals surface area contributed by atoms with Gasteiger partial charge in [-0.25, -0.2) is 13.4 Å². The molecule has 7 nitrogen and oxygen atoms in total. The number of nitrogens with zero attached hydrogens (tertiary/aromatic N) is 1.